The molecule has 2 heterocycles. The predicted molar refractivity (Wildman–Crippen MR) is 74.1 cm³/mol. The Kier molecular flexibility index (Phi) is 4.24. The lowest BCUT2D eigenvalue weighted by Crippen LogP contribution is -2.29. The molecule has 0 atom stereocenters. The zero-order valence-corrected chi connectivity index (χ0v) is 11.6. The van der Waals surface area contributed by atoms with Gasteiger partial charge < -0.3 is 10.0 Å². The van der Waals surface area contributed by atoms with E-state index in [1.54, 1.807) is 24.8 Å². The smallest absolute Gasteiger partial charge is 0.255 e. The first kappa shape index (κ1) is 13.6. The molecule has 2 rings (SSSR count). The van der Waals surface area contributed by atoms with Crippen LogP contribution in [0.4, 0.5) is 0 Å². The molecule has 1 N–H and O–H groups in total. The van der Waals surface area contributed by atoms with Crippen LogP contribution in [0, 0.1) is 6.92 Å². The summed E-state index contributed by atoms with van der Waals surface area (Å²) in [6, 6.07) is 3.57. The van der Waals surface area contributed by atoms with Crippen molar-refractivity contribution >= 4 is 17.2 Å². The summed E-state index contributed by atoms with van der Waals surface area (Å²) in [5.74, 6) is -0.144. The summed E-state index contributed by atoms with van der Waals surface area (Å²) >= 11 is 1.53. The normalized spacial score (nSPS) is 10.5. The van der Waals surface area contributed by atoms with Gasteiger partial charge in [-0.25, -0.2) is 4.98 Å². The lowest BCUT2D eigenvalue weighted by Gasteiger charge is -2.15. The molecule has 0 bridgehead atoms. The molecule has 0 spiro atoms. The summed E-state index contributed by atoms with van der Waals surface area (Å²) in [7, 11) is 1.65. The van der Waals surface area contributed by atoms with Crippen molar-refractivity contribution in [1.29, 1.82) is 0 Å². The molecule has 0 saturated heterocycles. The maximum atomic E-state index is 12.0. The molecule has 6 heteroatoms. The Morgan fingerprint density at radius 2 is 2.21 bits per heavy atom. The molecule has 1 amide bonds. The van der Waals surface area contributed by atoms with Gasteiger partial charge in [0.2, 0.25) is 0 Å². The van der Waals surface area contributed by atoms with Crippen LogP contribution >= 0.6 is 11.3 Å². The highest BCUT2D eigenvalue weighted by Crippen LogP contribution is 2.25. The molecule has 0 aromatic carbocycles. The quantitative estimate of drug-likeness (QED) is 0.921. The Morgan fingerprint density at radius 1 is 1.42 bits per heavy atom. The largest absolute Gasteiger partial charge is 0.395 e. The van der Waals surface area contributed by atoms with Gasteiger partial charge in [0.15, 0.2) is 0 Å². The van der Waals surface area contributed by atoms with Crippen molar-refractivity contribution in [2.24, 2.45) is 0 Å². The van der Waals surface area contributed by atoms with E-state index in [-0.39, 0.29) is 12.5 Å². The van der Waals surface area contributed by atoms with E-state index in [2.05, 4.69) is 9.97 Å². The molecule has 100 valence electrons. The highest BCUT2D eigenvalue weighted by atomic mass is 32.1. The third-order valence-corrected chi connectivity index (χ3v) is 3.72. The third-order valence-electron chi connectivity index (χ3n) is 2.77. The van der Waals surface area contributed by atoms with E-state index in [9.17, 15) is 4.79 Å². The van der Waals surface area contributed by atoms with Crippen LogP contribution < -0.4 is 0 Å². The van der Waals surface area contributed by atoms with Crippen LogP contribution in [0.5, 0.6) is 0 Å². The van der Waals surface area contributed by atoms with E-state index < -0.39 is 0 Å². The molecule has 0 aliphatic rings. The maximum Gasteiger partial charge on any atom is 0.255 e. The minimum atomic E-state index is -0.144. The maximum absolute atomic E-state index is 12.0. The van der Waals surface area contributed by atoms with Crippen LogP contribution in [0.15, 0.2) is 23.8 Å². The summed E-state index contributed by atoms with van der Waals surface area (Å²) in [5.41, 5.74) is 4.05. The number of rotatable bonds is 4. The van der Waals surface area contributed by atoms with Gasteiger partial charge in [-0.3, -0.25) is 9.78 Å². The second-order valence-electron chi connectivity index (χ2n) is 4.15. The molecular weight excluding hydrogens is 262 g/mol. The Morgan fingerprint density at radius 3 is 2.74 bits per heavy atom. The number of aliphatic hydroxyl groups excluding tert-OH is 1. The van der Waals surface area contributed by atoms with Crippen molar-refractivity contribution in [3.05, 3.63) is 35.1 Å². The first-order chi connectivity index (χ1) is 9.13. The molecule has 5 nitrogen and oxygen atoms in total. The number of pyridine rings is 1. The third kappa shape index (κ3) is 2.97. The minimum Gasteiger partial charge on any atom is -0.395 e. The number of hydrogen-bond acceptors (Lipinski definition) is 5. The van der Waals surface area contributed by atoms with Crippen molar-refractivity contribution in [3.8, 4) is 10.6 Å². The fraction of sp³-hybridized carbons (Fsp3) is 0.308. The van der Waals surface area contributed by atoms with Gasteiger partial charge in [0.25, 0.3) is 5.91 Å². The summed E-state index contributed by atoms with van der Waals surface area (Å²) in [6.45, 7) is 2.20. The van der Waals surface area contributed by atoms with Crippen molar-refractivity contribution < 1.29 is 9.90 Å². The van der Waals surface area contributed by atoms with Crippen LogP contribution in [0.2, 0.25) is 0 Å². The molecule has 0 fully saturated rings. The predicted octanol–water partition coefficient (Wildman–Crippen LogP) is 1.58. The van der Waals surface area contributed by atoms with Gasteiger partial charge >= 0.3 is 0 Å². The van der Waals surface area contributed by atoms with E-state index >= 15 is 0 Å². The monoisotopic (exact) mass is 277 g/mol. The Labute approximate surface area is 115 Å². The van der Waals surface area contributed by atoms with Crippen LogP contribution in [-0.4, -0.2) is 46.1 Å². The molecule has 0 aliphatic heterocycles. The van der Waals surface area contributed by atoms with Crippen molar-refractivity contribution in [3.63, 3.8) is 0 Å². The lowest BCUT2D eigenvalue weighted by molar-refractivity contribution is 0.0766. The summed E-state index contributed by atoms with van der Waals surface area (Å²) in [4.78, 5) is 22.9. The molecule has 2 aromatic heterocycles. The van der Waals surface area contributed by atoms with Crippen molar-refractivity contribution in [2.75, 3.05) is 20.2 Å². The van der Waals surface area contributed by atoms with E-state index in [1.807, 2.05) is 13.0 Å². The number of aryl methyl sites for hydroxylation is 1. The number of hydrogen-bond donors (Lipinski definition) is 1. The minimum absolute atomic E-state index is 0.0478. The zero-order valence-electron chi connectivity index (χ0n) is 10.8. The number of amides is 1. The second kappa shape index (κ2) is 5.90. The highest BCUT2D eigenvalue weighted by molar-refractivity contribution is 7.13. The average molecular weight is 277 g/mol. The number of thiazole rings is 1. The molecule has 0 saturated carbocycles. The Bertz CT molecular complexity index is 566. The van der Waals surface area contributed by atoms with Gasteiger partial charge in [0, 0.05) is 19.8 Å². The molecular formula is C13H15N3O2S. The van der Waals surface area contributed by atoms with Gasteiger partial charge in [0.1, 0.15) is 0 Å². The number of nitrogens with zero attached hydrogens (tertiary/aromatic N) is 3. The highest BCUT2D eigenvalue weighted by Gasteiger charge is 2.12. The molecule has 0 radical (unpaired) electrons. The number of aliphatic hydroxyl groups is 1. The number of carbonyl (C=O) groups excluding carboxylic acids is 1. The second-order valence-corrected chi connectivity index (χ2v) is 5.00. The van der Waals surface area contributed by atoms with Crippen molar-refractivity contribution in [2.45, 2.75) is 6.92 Å². The van der Waals surface area contributed by atoms with Gasteiger partial charge in [-0.2, -0.15) is 0 Å². The van der Waals surface area contributed by atoms with Crippen LogP contribution in [0.3, 0.4) is 0 Å². The SMILES string of the molecule is Cc1ncsc1-c1ccc(C(=O)N(C)CCO)cn1. The first-order valence-corrected chi connectivity index (χ1v) is 6.74. The van der Waals surface area contributed by atoms with E-state index in [1.165, 1.54) is 16.2 Å². The van der Waals surface area contributed by atoms with E-state index in [0.717, 1.165) is 16.3 Å². The first-order valence-electron chi connectivity index (χ1n) is 5.86. The number of aromatic nitrogens is 2. The fourth-order valence-corrected chi connectivity index (χ4v) is 2.46. The molecule has 0 unspecified atom stereocenters. The van der Waals surface area contributed by atoms with Crippen LogP contribution in [0.1, 0.15) is 16.1 Å². The van der Waals surface area contributed by atoms with Gasteiger partial charge in [-0.1, -0.05) is 0 Å². The Balaban J connectivity index is 2.19. The topological polar surface area (TPSA) is 66.3 Å². The standard InChI is InChI=1S/C13H15N3O2S/c1-9-12(19-8-15-9)11-4-3-10(7-14-11)13(18)16(2)5-6-17/h3-4,7-8,17H,5-6H2,1-2H3. The number of likely N-dealkylation sites (N-methyl/N-ethyl adjacent to an activating group) is 1. The van der Waals surface area contributed by atoms with E-state index in [0.29, 0.717) is 12.1 Å². The summed E-state index contributed by atoms with van der Waals surface area (Å²) in [6.07, 6.45) is 1.56. The summed E-state index contributed by atoms with van der Waals surface area (Å²) < 4.78 is 0. The van der Waals surface area contributed by atoms with Crippen molar-refractivity contribution in [1.82, 2.24) is 14.9 Å². The lowest BCUT2D eigenvalue weighted by atomic mass is 10.2. The van der Waals surface area contributed by atoms with Gasteiger partial charge in [0.05, 0.1) is 33.9 Å². The fourth-order valence-electron chi connectivity index (χ4n) is 1.67. The zero-order chi connectivity index (χ0) is 13.8. The van der Waals surface area contributed by atoms with Crippen LogP contribution in [-0.2, 0) is 0 Å². The molecule has 19 heavy (non-hydrogen) atoms. The van der Waals surface area contributed by atoms with Crippen LogP contribution in [0.25, 0.3) is 10.6 Å². The Hall–Kier alpha value is -1.79. The number of carbonyl (C=O) groups is 1. The van der Waals surface area contributed by atoms with Gasteiger partial charge in [-0.15, -0.1) is 11.3 Å². The van der Waals surface area contributed by atoms with Gasteiger partial charge in [-0.05, 0) is 19.1 Å². The van der Waals surface area contributed by atoms with E-state index in [4.69, 9.17) is 5.11 Å². The molecule has 0 aliphatic carbocycles. The average Bonchev–Trinajstić information content (AvgIpc) is 2.84. The molecule has 2 aromatic rings. The summed E-state index contributed by atoms with van der Waals surface area (Å²) in [5, 5.41) is 8.82.